The lowest BCUT2D eigenvalue weighted by atomic mass is 10.1. The average molecular weight is 372 g/mol. The van der Waals surface area contributed by atoms with E-state index in [9.17, 15) is 18.8 Å². The molecule has 0 aliphatic heterocycles. The molecular weight excluding hydrogens is 351 g/mol. The van der Waals surface area contributed by atoms with Crippen molar-refractivity contribution in [1.82, 2.24) is 5.32 Å². The summed E-state index contributed by atoms with van der Waals surface area (Å²) < 4.78 is 18.1. The Balaban J connectivity index is 1.91. The third-order valence-electron chi connectivity index (χ3n) is 3.82. The van der Waals surface area contributed by atoms with Crippen molar-refractivity contribution in [3.05, 3.63) is 65.5 Å². The maximum Gasteiger partial charge on any atom is 0.338 e. The van der Waals surface area contributed by atoms with Crippen molar-refractivity contribution in [3.8, 4) is 0 Å². The molecule has 2 aromatic rings. The van der Waals surface area contributed by atoms with Crippen molar-refractivity contribution in [1.29, 1.82) is 0 Å². The Morgan fingerprint density at radius 2 is 1.56 bits per heavy atom. The summed E-state index contributed by atoms with van der Waals surface area (Å²) in [5.74, 6) is -1.69. The highest BCUT2D eigenvalue weighted by Gasteiger charge is 2.21. The lowest BCUT2D eigenvalue weighted by molar-refractivity contribution is -0.129. The van der Waals surface area contributed by atoms with Gasteiger partial charge in [-0.2, -0.15) is 0 Å². The van der Waals surface area contributed by atoms with Gasteiger partial charge in [0, 0.05) is 12.6 Å². The molecule has 0 spiro atoms. The van der Waals surface area contributed by atoms with Gasteiger partial charge in [0.25, 0.3) is 5.91 Å². The molecule has 0 aromatic heterocycles. The van der Waals surface area contributed by atoms with Crippen molar-refractivity contribution < 1.29 is 23.5 Å². The monoisotopic (exact) mass is 372 g/mol. The van der Waals surface area contributed by atoms with Gasteiger partial charge in [0.2, 0.25) is 5.91 Å². The normalized spacial score (nSPS) is 12.6. The van der Waals surface area contributed by atoms with Crippen LogP contribution in [0.5, 0.6) is 0 Å². The summed E-state index contributed by atoms with van der Waals surface area (Å²) in [6, 6.07) is 11.5. The van der Waals surface area contributed by atoms with Gasteiger partial charge in [-0.15, -0.1) is 0 Å². The highest BCUT2D eigenvalue weighted by Crippen LogP contribution is 2.14. The van der Waals surface area contributed by atoms with Crippen molar-refractivity contribution in [2.45, 2.75) is 32.9 Å². The predicted octanol–water partition coefficient (Wildman–Crippen LogP) is 3.21. The number of hydrogen-bond donors (Lipinski definition) is 2. The van der Waals surface area contributed by atoms with Gasteiger partial charge in [-0.3, -0.25) is 9.59 Å². The Kier molecular flexibility index (Phi) is 6.65. The minimum atomic E-state index is -1.00. The number of carbonyl (C=O) groups excluding carboxylic acids is 3. The first kappa shape index (κ1) is 20.1. The zero-order chi connectivity index (χ0) is 20.0. The molecule has 2 rings (SSSR count). The van der Waals surface area contributed by atoms with Crippen molar-refractivity contribution in [3.63, 3.8) is 0 Å². The van der Waals surface area contributed by atoms with E-state index >= 15 is 0 Å². The fourth-order valence-electron chi connectivity index (χ4n) is 2.34. The molecule has 142 valence electrons. The van der Waals surface area contributed by atoms with Gasteiger partial charge in [-0.05, 0) is 55.8 Å². The molecule has 0 bridgehead atoms. The summed E-state index contributed by atoms with van der Waals surface area (Å²) in [5.41, 5.74) is 1.55. The van der Waals surface area contributed by atoms with Crippen LogP contribution in [0.25, 0.3) is 0 Å². The molecule has 0 radical (unpaired) electrons. The zero-order valence-corrected chi connectivity index (χ0v) is 15.3. The molecule has 0 saturated heterocycles. The van der Waals surface area contributed by atoms with Crippen LogP contribution in [0.1, 0.15) is 42.7 Å². The number of ether oxygens (including phenoxy) is 1. The first-order valence-electron chi connectivity index (χ1n) is 8.40. The molecule has 0 heterocycles. The van der Waals surface area contributed by atoms with Crippen LogP contribution in [0.15, 0.2) is 48.5 Å². The summed E-state index contributed by atoms with van der Waals surface area (Å²) in [4.78, 5) is 35.4. The molecule has 2 N–H and O–H groups in total. The number of halogens is 1. The van der Waals surface area contributed by atoms with E-state index in [0.717, 1.165) is 5.56 Å². The molecule has 0 fully saturated rings. The van der Waals surface area contributed by atoms with Crippen LogP contribution in [0.4, 0.5) is 10.1 Å². The minimum Gasteiger partial charge on any atom is -0.449 e. The second kappa shape index (κ2) is 8.93. The molecular formula is C20H21FN2O4. The zero-order valence-electron chi connectivity index (χ0n) is 15.3. The summed E-state index contributed by atoms with van der Waals surface area (Å²) in [5, 5.41) is 5.31. The molecule has 0 saturated carbocycles. The number of nitrogens with one attached hydrogen (secondary N) is 2. The summed E-state index contributed by atoms with van der Waals surface area (Å²) in [6.45, 7) is 4.60. The lowest BCUT2D eigenvalue weighted by Crippen LogP contribution is -2.37. The van der Waals surface area contributed by atoms with E-state index in [0.29, 0.717) is 5.69 Å². The molecule has 2 amide bonds. The maximum absolute atomic E-state index is 13.0. The second-order valence-corrected chi connectivity index (χ2v) is 6.09. The number of hydrogen-bond acceptors (Lipinski definition) is 4. The third kappa shape index (κ3) is 5.91. The minimum absolute atomic E-state index is 0.217. The number of anilines is 1. The quantitative estimate of drug-likeness (QED) is 0.763. The summed E-state index contributed by atoms with van der Waals surface area (Å²) in [6.07, 6.45) is -1.00. The SMILES string of the molecule is CC(=O)Nc1ccc(C(=O)O[C@H](C)C(=O)N[C@H](C)c2ccc(F)cc2)cc1. The van der Waals surface area contributed by atoms with Crippen LogP contribution in [-0.4, -0.2) is 23.9 Å². The lowest BCUT2D eigenvalue weighted by Gasteiger charge is -2.18. The van der Waals surface area contributed by atoms with Gasteiger partial charge in [-0.1, -0.05) is 12.1 Å². The van der Waals surface area contributed by atoms with E-state index in [1.165, 1.54) is 38.1 Å². The molecule has 0 unspecified atom stereocenters. The highest BCUT2D eigenvalue weighted by molar-refractivity contribution is 5.93. The number of benzene rings is 2. The van der Waals surface area contributed by atoms with Crippen molar-refractivity contribution >= 4 is 23.5 Å². The summed E-state index contributed by atoms with van der Waals surface area (Å²) in [7, 11) is 0. The second-order valence-electron chi connectivity index (χ2n) is 6.09. The Labute approximate surface area is 156 Å². The van der Waals surface area contributed by atoms with Gasteiger partial charge in [0.15, 0.2) is 6.10 Å². The first-order chi connectivity index (χ1) is 12.8. The van der Waals surface area contributed by atoms with Crippen LogP contribution < -0.4 is 10.6 Å². The molecule has 0 aliphatic carbocycles. The fourth-order valence-corrected chi connectivity index (χ4v) is 2.34. The molecule has 7 heteroatoms. The van der Waals surface area contributed by atoms with E-state index < -0.39 is 18.0 Å². The van der Waals surface area contributed by atoms with Gasteiger partial charge in [0.1, 0.15) is 5.82 Å². The van der Waals surface area contributed by atoms with Gasteiger partial charge >= 0.3 is 5.97 Å². The number of esters is 1. The standard InChI is InChI=1S/C20H21FN2O4/c1-12(15-4-8-17(21)9-5-15)22-19(25)13(2)27-20(26)16-6-10-18(11-7-16)23-14(3)24/h4-13H,1-3H3,(H,22,25)(H,23,24)/t12-,13-/m1/s1. The summed E-state index contributed by atoms with van der Waals surface area (Å²) >= 11 is 0. The van der Waals surface area contributed by atoms with Gasteiger partial charge < -0.3 is 15.4 Å². The number of rotatable bonds is 6. The Hall–Kier alpha value is -3.22. The Bertz CT molecular complexity index is 819. The van der Waals surface area contributed by atoms with Crippen molar-refractivity contribution in [2.24, 2.45) is 0 Å². The Morgan fingerprint density at radius 1 is 0.963 bits per heavy atom. The molecule has 27 heavy (non-hydrogen) atoms. The topological polar surface area (TPSA) is 84.5 Å². The number of carbonyl (C=O) groups is 3. The van der Waals surface area contributed by atoms with Crippen LogP contribution in [0.3, 0.4) is 0 Å². The average Bonchev–Trinajstić information content (AvgIpc) is 2.62. The smallest absolute Gasteiger partial charge is 0.338 e. The predicted molar refractivity (Wildman–Crippen MR) is 98.6 cm³/mol. The molecule has 2 atom stereocenters. The van der Waals surface area contributed by atoms with E-state index in [4.69, 9.17) is 4.74 Å². The van der Waals surface area contributed by atoms with Crippen molar-refractivity contribution in [2.75, 3.05) is 5.32 Å². The van der Waals surface area contributed by atoms with Gasteiger partial charge in [-0.25, -0.2) is 9.18 Å². The van der Waals surface area contributed by atoms with Crippen LogP contribution >= 0.6 is 0 Å². The highest BCUT2D eigenvalue weighted by atomic mass is 19.1. The molecule has 2 aromatic carbocycles. The largest absolute Gasteiger partial charge is 0.449 e. The van der Waals surface area contributed by atoms with Crippen LogP contribution in [-0.2, 0) is 14.3 Å². The molecule has 6 nitrogen and oxygen atoms in total. The van der Waals surface area contributed by atoms with Gasteiger partial charge in [0.05, 0.1) is 11.6 Å². The third-order valence-corrected chi connectivity index (χ3v) is 3.82. The first-order valence-corrected chi connectivity index (χ1v) is 8.40. The molecule has 0 aliphatic rings. The number of amides is 2. The maximum atomic E-state index is 13.0. The fraction of sp³-hybridized carbons (Fsp3) is 0.250. The Morgan fingerprint density at radius 3 is 2.11 bits per heavy atom. The van der Waals surface area contributed by atoms with E-state index in [-0.39, 0.29) is 23.3 Å². The van der Waals surface area contributed by atoms with Crippen LogP contribution in [0.2, 0.25) is 0 Å². The van der Waals surface area contributed by atoms with E-state index in [2.05, 4.69) is 10.6 Å². The van der Waals surface area contributed by atoms with E-state index in [1.807, 2.05) is 0 Å². The van der Waals surface area contributed by atoms with E-state index in [1.54, 1.807) is 31.2 Å². The van der Waals surface area contributed by atoms with Crippen LogP contribution in [0, 0.1) is 5.82 Å².